The molecule has 2 aromatic rings. The molecule has 0 bridgehead atoms. The first-order valence-corrected chi connectivity index (χ1v) is 10.5. The topological polar surface area (TPSA) is 79.6 Å². The Bertz CT molecular complexity index is 824. The van der Waals surface area contributed by atoms with Crippen molar-refractivity contribution in [2.24, 2.45) is 0 Å². The first-order chi connectivity index (χ1) is 14.2. The molecule has 4 N–H and O–H groups in total. The second-order valence-corrected chi connectivity index (χ2v) is 8.60. The zero-order valence-corrected chi connectivity index (χ0v) is 18.9. The van der Waals surface area contributed by atoms with Crippen LogP contribution >= 0.6 is 0 Å². The summed E-state index contributed by atoms with van der Waals surface area (Å²) in [6, 6.07) is 12.9. The molecular weight excluding hydrogens is 376 g/mol. The highest BCUT2D eigenvalue weighted by molar-refractivity contribution is 5.83. The number of carbonyl (C=O) groups is 1. The molecule has 0 aromatic heterocycles. The highest BCUT2D eigenvalue weighted by Gasteiger charge is 2.16. The molecular formula is C24H36N4O2. The average Bonchev–Trinajstić information content (AvgIpc) is 2.68. The van der Waals surface area contributed by atoms with Gasteiger partial charge >= 0.3 is 0 Å². The number of nitrogens with one attached hydrogen (secondary N) is 2. The van der Waals surface area contributed by atoms with E-state index in [2.05, 4.69) is 70.5 Å². The van der Waals surface area contributed by atoms with Crippen molar-refractivity contribution in [2.45, 2.75) is 46.8 Å². The maximum Gasteiger partial charge on any atom is 0.293 e. The number of nitrogen functional groups attached to an aromatic ring is 1. The molecule has 0 aliphatic carbocycles. The van der Waals surface area contributed by atoms with E-state index in [0.717, 1.165) is 49.8 Å². The van der Waals surface area contributed by atoms with E-state index in [1.165, 1.54) is 16.7 Å². The molecule has 0 saturated carbocycles. The minimum Gasteiger partial charge on any atom is -0.462 e. The standard InChI is InChI=1S/C19H26N4.C5H10O2/c1-14-4-3-5-16(12-14)13-22-19-15(2)6-7-17(18(19)20)23-10-8-21-9-11-23;1-5(2,3)7-4-6/h3-7,12,21-22H,8-11,13,20H2,1-2H3;4H,1-3H3. The summed E-state index contributed by atoms with van der Waals surface area (Å²) >= 11 is 0. The first kappa shape index (κ1) is 23.5. The summed E-state index contributed by atoms with van der Waals surface area (Å²) in [4.78, 5) is 12.0. The van der Waals surface area contributed by atoms with E-state index in [4.69, 9.17) is 5.73 Å². The maximum atomic E-state index is 9.60. The first-order valence-electron chi connectivity index (χ1n) is 10.5. The summed E-state index contributed by atoms with van der Waals surface area (Å²) in [5.74, 6) is 0. The monoisotopic (exact) mass is 412 g/mol. The third kappa shape index (κ3) is 7.26. The van der Waals surface area contributed by atoms with Gasteiger partial charge in [-0.25, -0.2) is 0 Å². The fourth-order valence-electron chi connectivity index (χ4n) is 3.29. The Hall–Kier alpha value is -2.73. The van der Waals surface area contributed by atoms with Gasteiger partial charge in [-0.15, -0.1) is 0 Å². The van der Waals surface area contributed by atoms with Crippen LogP contribution in [0.15, 0.2) is 36.4 Å². The number of anilines is 3. The lowest BCUT2D eigenvalue weighted by molar-refractivity contribution is -0.138. The van der Waals surface area contributed by atoms with Crippen molar-refractivity contribution >= 4 is 23.5 Å². The zero-order valence-electron chi connectivity index (χ0n) is 18.9. The Morgan fingerprint density at radius 1 is 1.17 bits per heavy atom. The Morgan fingerprint density at radius 3 is 2.43 bits per heavy atom. The van der Waals surface area contributed by atoms with Crippen molar-refractivity contribution in [2.75, 3.05) is 42.1 Å². The Balaban J connectivity index is 0.000000396. The molecule has 6 heteroatoms. The lowest BCUT2D eigenvalue weighted by Gasteiger charge is -2.31. The summed E-state index contributed by atoms with van der Waals surface area (Å²) in [5.41, 5.74) is 13.0. The number of benzene rings is 2. The summed E-state index contributed by atoms with van der Waals surface area (Å²) in [6.45, 7) is 15.0. The van der Waals surface area contributed by atoms with E-state index < -0.39 is 0 Å². The Kier molecular flexibility index (Phi) is 8.54. The fourth-order valence-corrected chi connectivity index (χ4v) is 3.29. The van der Waals surface area contributed by atoms with Crippen LogP contribution in [0, 0.1) is 13.8 Å². The number of nitrogens with zero attached hydrogens (tertiary/aromatic N) is 1. The molecule has 0 radical (unpaired) electrons. The quantitative estimate of drug-likeness (QED) is 0.511. The molecule has 1 aliphatic heterocycles. The molecule has 1 saturated heterocycles. The molecule has 0 amide bonds. The predicted molar refractivity (Wildman–Crippen MR) is 126 cm³/mol. The SMILES string of the molecule is CC(C)(C)OC=O.Cc1cccc(CNc2c(C)ccc(N3CCNCC3)c2N)c1. The van der Waals surface area contributed by atoms with Gasteiger partial charge in [0.25, 0.3) is 6.47 Å². The van der Waals surface area contributed by atoms with E-state index in [1.54, 1.807) is 0 Å². The van der Waals surface area contributed by atoms with Gasteiger partial charge in [0.2, 0.25) is 0 Å². The van der Waals surface area contributed by atoms with Crippen molar-refractivity contribution < 1.29 is 9.53 Å². The van der Waals surface area contributed by atoms with Gasteiger partial charge in [-0.05, 0) is 51.8 Å². The van der Waals surface area contributed by atoms with E-state index >= 15 is 0 Å². The molecule has 0 atom stereocenters. The largest absolute Gasteiger partial charge is 0.462 e. The van der Waals surface area contributed by atoms with Gasteiger partial charge in [0.05, 0.1) is 17.1 Å². The van der Waals surface area contributed by atoms with Gasteiger partial charge < -0.3 is 26.0 Å². The van der Waals surface area contributed by atoms with Crippen LogP contribution in [-0.2, 0) is 16.1 Å². The molecule has 164 valence electrons. The second-order valence-electron chi connectivity index (χ2n) is 8.60. The van der Waals surface area contributed by atoms with E-state index in [-0.39, 0.29) is 5.60 Å². The van der Waals surface area contributed by atoms with Gasteiger partial charge in [-0.3, -0.25) is 4.79 Å². The Morgan fingerprint density at radius 2 is 1.87 bits per heavy atom. The number of hydrogen-bond donors (Lipinski definition) is 3. The fraction of sp³-hybridized carbons (Fsp3) is 0.458. The zero-order chi connectivity index (χ0) is 22.1. The molecule has 0 unspecified atom stereocenters. The van der Waals surface area contributed by atoms with Crippen LogP contribution in [0.3, 0.4) is 0 Å². The normalized spacial score (nSPS) is 13.8. The third-order valence-electron chi connectivity index (χ3n) is 4.84. The maximum absolute atomic E-state index is 9.60. The molecule has 6 nitrogen and oxygen atoms in total. The number of piperazine rings is 1. The molecule has 1 aliphatic rings. The van der Waals surface area contributed by atoms with Crippen LogP contribution in [0.1, 0.15) is 37.5 Å². The number of nitrogens with two attached hydrogens (primary N) is 1. The van der Waals surface area contributed by atoms with Crippen molar-refractivity contribution in [1.82, 2.24) is 5.32 Å². The number of carbonyl (C=O) groups excluding carboxylic acids is 1. The second kappa shape index (κ2) is 10.9. The lowest BCUT2D eigenvalue weighted by Crippen LogP contribution is -2.43. The van der Waals surface area contributed by atoms with Crippen LogP contribution < -0.4 is 21.3 Å². The van der Waals surface area contributed by atoms with Gasteiger partial charge in [-0.2, -0.15) is 0 Å². The number of rotatable bonds is 5. The summed E-state index contributed by atoms with van der Waals surface area (Å²) < 4.78 is 4.55. The van der Waals surface area contributed by atoms with Crippen LogP contribution in [0.2, 0.25) is 0 Å². The summed E-state index contributed by atoms with van der Waals surface area (Å²) in [6.07, 6.45) is 0. The van der Waals surface area contributed by atoms with Crippen LogP contribution in [0.25, 0.3) is 0 Å². The van der Waals surface area contributed by atoms with E-state index in [0.29, 0.717) is 6.47 Å². The lowest BCUT2D eigenvalue weighted by atomic mass is 10.1. The van der Waals surface area contributed by atoms with Crippen molar-refractivity contribution in [3.63, 3.8) is 0 Å². The third-order valence-corrected chi connectivity index (χ3v) is 4.84. The molecule has 0 spiro atoms. The molecule has 1 heterocycles. The molecule has 2 aromatic carbocycles. The van der Waals surface area contributed by atoms with E-state index in [1.807, 2.05) is 20.8 Å². The Labute approximate surface area is 180 Å². The number of hydrogen-bond acceptors (Lipinski definition) is 6. The molecule has 3 rings (SSSR count). The minimum absolute atomic E-state index is 0.318. The van der Waals surface area contributed by atoms with E-state index in [9.17, 15) is 4.79 Å². The number of ether oxygens (including phenoxy) is 1. The van der Waals surface area contributed by atoms with Gasteiger partial charge in [0.15, 0.2) is 0 Å². The van der Waals surface area contributed by atoms with Gasteiger partial charge in [0, 0.05) is 32.7 Å². The highest BCUT2D eigenvalue weighted by atomic mass is 16.5. The predicted octanol–water partition coefficient (Wildman–Crippen LogP) is 3.87. The molecule has 30 heavy (non-hydrogen) atoms. The van der Waals surface area contributed by atoms with Gasteiger partial charge in [-0.1, -0.05) is 35.9 Å². The minimum atomic E-state index is -0.318. The summed E-state index contributed by atoms with van der Waals surface area (Å²) in [7, 11) is 0. The van der Waals surface area contributed by atoms with Crippen LogP contribution in [0.5, 0.6) is 0 Å². The van der Waals surface area contributed by atoms with Crippen molar-refractivity contribution in [1.29, 1.82) is 0 Å². The van der Waals surface area contributed by atoms with Crippen LogP contribution in [-0.4, -0.2) is 38.3 Å². The van der Waals surface area contributed by atoms with Crippen LogP contribution in [0.4, 0.5) is 17.1 Å². The summed E-state index contributed by atoms with van der Waals surface area (Å²) in [5, 5.41) is 6.92. The van der Waals surface area contributed by atoms with Crippen molar-refractivity contribution in [3.8, 4) is 0 Å². The smallest absolute Gasteiger partial charge is 0.293 e. The highest BCUT2D eigenvalue weighted by Crippen LogP contribution is 2.34. The van der Waals surface area contributed by atoms with Gasteiger partial charge in [0.1, 0.15) is 5.60 Å². The average molecular weight is 413 g/mol. The number of aryl methyl sites for hydroxylation is 2. The van der Waals surface area contributed by atoms with Crippen molar-refractivity contribution in [3.05, 3.63) is 53.1 Å². The molecule has 1 fully saturated rings.